The van der Waals surface area contributed by atoms with Crippen molar-refractivity contribution in [1.82, 2.24) is 25.6 Å². The molecule has 0 radical (unpaired) electrons. The Kier molecular flexibility index (Phi) is 13.8. The molecule has 2 aromatic rings. The smallest absolute Gasteiger partial charge is 0.246 e. The Balaban J connectivity index is 1.62. The fourth-order valence-electron chi connectivity index (χ4n) is 6.83. The zero-order chi connectivity index (χ0) is 34.8. The van der Waals surface area contributed by atoms with Gasteiger partial charge in [0.05, 0.1) is 5.52 Å². The number of nitrogens with one attached hydrogen (secondary N) is 3. The average Bonchev–Trinajstić information content (AvgIpc) is 3.44. The Morgan fingerprint density at radius 1 is 0.958 bits per heavy atom. The molecule has 0 aliphatic carbocycles. The highest BCUT2D eigenvalue weighted by Crippen LogP contribution is 2.25. The first-order chi connectivity index (χ1) is 23.1. The number of para-hydroxylation sites is 1. The van der Waals surface area contributed by atoms with Crippen LogP contribution in [0.5, 0.6) is 0 Å². The summed E-state index contributed by atoms with van der Waals surface area (Å²) in [4.78, 5) is 74.8. The van der Waals surface area contributed by atoms with Crippen LogP contribution in [0.2, 0.25) is 0 Å². The minimum Gasteiger partial charge on any atom is -0.417 e. The summed E-state index contributed by atoms with van der Waals surface area (Å²) in [6.45, 7) is 7.98. The lowest BCUT2D eigenvalue weighted by Crippen LogP contribution is -2.64. The van der Waals surface area contributed by atoms with Crippen LogP contribution in [0.25, 0.3) is 10.9 Å². The number of nitrogens with zero attached hydrogens (tertiary/aromatic N) is 2. The normalized spacial score (nSPS) is 23.6. The molecule has 1 unspecified atom stereocenters. The number of unbranched alkanes of at least 4 members (excludes halogenated alkanes) is 2. The molecule has 6 atom stereocenters. The Hall–Kier alpha value is -3.54. The second-order valence-corrected chi connectivity index (χ2v) is 14.7. The number of hydrogen-bond donors (Lipinski definition) is 3. The van der Waals surface area contributed by atoms with Crippen LogP contribution < -0.4 is 20.8 Å². The van der Waals surface area contributed by atoms with E-state index < -0.39 is 36.0 Å². The van der Waals surface area contributed by atoms with E-state index in [4.69, 9.17) is 4.84 Å². The van der Waals surface area contributed by atoms with E-state index in [1.54, 1.807) is 23.7 Å². The molecule has 12 heteroatoms. The monoisotopic (exact) mass is 683 g/mol. The number of amides is 4. The molecule has 3 heterocycles. The van der Waals surface area contributed by atoms with Gasteiger partial charge < -0.3 is 25.7 Å². The summed E-state index contributed by atoms with van der Waals surface area (Å²) in [6.07, 6.45) is 9.31. The molecule has 0 saturated carbocycles. The van der Waals surface area contributed by atoms with Crippen LogP contribution in [0.4, 0.5) is 0 Å². The second kappa shape index (κ2) is 17.7. The lowest BCUT2D eigenvalue weighted by molar-refractivity contribution is -0.147. The number of fused-ring (bicyclic) bond motifs is 2. The van der Waals surface area contributed by atoms with Gasteiger partial charge in [0.15, 0.2) is 5.12 Å². The molecule has 2 saturated heterocycles. The standard InChI is InChI=1S/C36H53N5O6S/c1-6-23(3)32-36(46)40-20-14-13-19-31(40)35(45)37-28(17-10-8-9-15-26(7-2)48-24(4)42)33(43)38-29(34(44)39-32)21-25-22-41(47-5)30-18-12-11-16-27(25)30/h11-12,16,18,22-23,26,28-29,31-32H,6-10,13-15,17,19-21H2,1-5H3,(H,37,45)(H,38,43)(H,39,44)/t23-,26?,28-,29-,31+,32-/m0/s1. The number of piperidine rings is 1. The SMILES string of the molecule is CCC(CCCCC[C@@H]1NC(=O)[C@H]2CCCCN2C(=O)[C@H]([C@@H](C)CC)NC(=O)[C@H](Cc2cn(OC)c3ccccc23)NC1=O)SC(C)=O. The summed E-state index contributed by atoms with van der Waals surface area (Å²) in [5.74, 6) is -1.64. The van der Waals surface area contributed by atoms with Crippen molar-refractivity contribution in [2.75, 3.05) is 13.7 Å². The van der Waals surface area contributed by atoms with Crippen LogP contribution in [0.15, 0.2) is 30.5 Å². The highest BCUT2D eigenvalue weighted by molar-refractivity contribution is 8.14. The predicted octanol–water partition coefficient (Wildman–Crippen LogP) is 4.15. The largest absolute Gasteiger partial charge is 0.417 e. The van der Waals surface area contributed by atoms with Crippen LogP contribution in [0, 0.1) is 5.92 Å². The van der Waals surface area contributed by atoms with Crippen molar-refractivity contribution in [3.05, 3.63) is 36.0 Å². The molecule has 1 aromatic heterocycles. The van der Waals surface area contributed by atoms with Gasteiger partial charge in [0.2, 0.25) is 23.6 Å². The number of aromatic nitrogens is 1. The second-order valence-electron chi connectivity index (χ2n) is 13.2. The molecular formula is C36H53N5O6S. The summed E-state index contributed by atoms with van der Waals surface area (Å²) in [5, 5.41) is 10.2. The zero-order valence-corrected chi connectivity index (χ0v) is 29.9. The van der Waals surface area contributed by atoms with Gasteiger partial charge in [0.25, 0.3) is 0 Å². The van der Waals surface area contributed by atoms with E-state index in [2.05, 4.69) is 22.9 Å². The Morgan fingerprint density at radius 3 is 2.40 bits per heavy atom. The first kappa shape index (κ1) is 37.3. The molecule has 0 spiro atoms. The van der Waals surface area contributed by atoms with Crippen molar-refractivity contribution in [3.63, 3.8) is 0 Å². The van der Waals surface area contributed by atoms with Gasteiger partial charge in [-0.25, -0.2) is 0 Å². The topological polar surface area (TPSA) is 139 Å². The Bertz CT molecular complexity index is 1450. The molecule has 4 amide bonds. The first-order valence-electron chi connectivity index (χ1n) is 17.6. The number of carbonyl (C=O) groups is 5. The van der Waals surface area contributed by atoms with Crippen LogP contribution in [0.3, 0.4) is 0 Å². The molecule has 11 nitrogen and oxygen atoms in total. The van der Waals surface area contributed by atoms with Crippen molar-refractivity contribution in [3.8, 4) is 0 Å². The number of hydrogen-bond acceptors (Lipinski definition) is 7. The molecule has 48 heavy (non-hydrogen) atoms. The highest BCUT2D eigenvalue weighted by Gasteiger charge is 2.41. The van der Waals surface area contributed by atoms with Crippen LogP contribution in [0.1, 0.15) is 97.5 Å². The molecule has 264 valence electrons. The maximum absolute atomic E-state index is 14.1. The van der Waals surface area contributed by atoms with Gasteiger partial charge in [-0.3, -0.25) is 24.0 Å². The van der Waals surface area contributed by atoms with Crippen molar-refractivity contribution in [2.45, 2.75) is 128 Å². The first-order valence-corrected chi connectivity index (χ1v) is 18.5. The van der Waals surface area contributed by atoms with E-state index in [0.29, 0.717) is 32.2 Å². The van der Waals surface area contributed by atoms with E-state index in [1.165, 1.54) is 11.8 Å². The fraction of sp³-hybridized carbons (Fsp3) is 0.639. The van der Waals surface area contributed by atoms with Gasteiger partial charge in [-0.2, -0.15) is 4.73 Å². The fourth-order valence-corrected chi connectivity index (χ4v) is 7.75. The van der Waals surface area contributed by atoms with Gasteiger partial charge in [0, 0.05) is 36.7 Å². The third-order valence-electron chi connectivity index (χ3n) is 9.82. The van der Waals surface area contributed by atoms with Crippen LogP contribution in [-0.2, 0) is 30.4 Å². The summed E-state index contributed by atoms with van der Waals surface area (Å²) < 4.78 is 1.63. The van der Waals surface area contributed by atoms with Crippen LogP contribution >= 0.6 is 11.8 Å². The molecule has 4 rings (SSSR count). The van der Waals surface area contributed by atoms with Crippen molar-refractivity contribution in [2.24, 2.45) is 5.92 Å². The lowest BCUT2D eigenvalue weighted by atomic mass is 9.93. The molecule has 2 aliphatic rings. The molecule has 1 aromatic carbocycles. The molecule has 0 bridgehead atoms. The summed E-state index contributed by atoms with van der Waals surface area (Å²) in [7, 11) is 1.56. The number of benzene rings is 1. The van der Waals surface area contributed by atoms with E-state index >= 15 is 0 Å². The van der Waals surface area contributed by atoms with Gasteiger partial charge in [-0.1, -0.05) is 76.4 Å². The molecular weight excluding hydrogens is 630 g/mol. The molecule has 3 N–H and O–H groups in total. The molecule has 2 fully saturated rings. The quantitative estimate of drug-likeness (QED) is 0.270. The van der Waals surface area contributed by atoms with Crippen LogP contribution in [-0.4, -0.2) is 81.4 Å². The summed E-state index contributed by atoms with van der Waals surface area (Å²) in [6, 6.07) is 4.27. The minimum atomic E-state index is -1.00. The van der Waals surface area contributed by atoms with Gasteiger partial charge in [-0.05, 0) is 56.1 Å². The van der Waals surface area contributed by atoms with E-state index in [9.17, 15) is 24.0 Å². The van der Waals surface area contributed by atoms with E-state index in [-0.39, 0.29) is 34.5 Å². The van der Waals surface area contributed by atoms with Crippen molar-refractivity contribution >= 4 is 51.4 Å². The third-order valence-corrected chi connectivity index (χ3v) is 11.1. The Labute approximate surface area is 288 Å². The number of rotatable bonds is 13. The van der Waals surface area contributed by atoms with Gasteiger partial charge in [0.1, 0.15) is 31.3 Å². The van der Waals surface area contributed by atoms with Crippen molar-refractivity contribution < 1.29 is 28.8 Å². The third kappa shape index (κ3) is 9.33. The van der Waals surface area contributed by atoms with Gasteiger partial charge >= 0.3 is 0 Å². The van der Waals surface area contributed by atoms with Crippen molar-refractivity contribution in [1.29, 1.82) is 0 Å². The lowest BCUT2D eigenvalue weighted by Gasteiger charge is -2.39. The summed E-state index contributed by atoms with van der Waals surface area (Å²) >= 11 is 1.38. The maximum atomic E-state index is 14.1. The number of carbonyl (C=O) groups excluding carboxylic acids is 5. The van der Waals surface area contributed by atoms with E-state index in [1.807, 2.05) is 44.3 Å². The number of thioether (sulfide) groups is 1. The highest BCUT2D eigenvalue weighted by atomic mass is 32.2. The summed E-state index contributed by atoms with van der Waals surface area (Å²) in [5.41, 5.74) is 1.63. The predicted molar refractivity (Wildman–Crippen MR) is 188 cm³/mol. The average molecular weight is 684 g/mol. The maximum Gasteiger partial charge on any atom is 0.246 e. The minimum absolute atomic E-state index is 0.116. The van der Waals surface area contributed by atoms with Gasteiger partial charge in [-0.15, -0.1) is 0 Å². The van der Waals surface area contributed by atoms with E-state index in [0.717, 1.165) is 55.0 Å². The zero-order valence-electron chi connectivity index (χ0n) is 29.1. The Morgan fingerprint density at radius 2 is 1.69 bits per heavy atom. The molecule has 2 aliphatic heterocycles.